The van der Waals surface area contributed by atoms with E-state index < -0.39 is 0 Å². The molecule has 3 aromatic rings. The van der Waals surface area contributed by atoms with E-state index in [1.165, 1.54) is 6.08 Å². The van der Waals surface area contributed by atoms with Crippen LogP contribution in [0.15, 0.2) is 83.3 Å². The average molecular weight is 576 g/mol. The van der Waals surface area contributed by atoms with E-state index >= 15 is 0 Å². The van der Waals surface area contributed by atoms with Gasteiger partial charge >= 0.3 is 0 Å². The first-order valence-electron chi connectivity index (χ1n) is 12.5. The number of amides is 3. The van der Waals surface area contributed by atoms with Crippen LogP contribution < -0.4 is 16.4 Å². The van der Waals surface area contributed by atoms with Crippen molar-refractivity contribution in [1.29, 1.82) is 0 Å². The van der Waals surface area contributed by atoms with Crippen molar-refractivity contribution >= 4 is 56.8 Å². The summed E-state index contributed by atoms with van der Waals surface area (Å²) in [5.74, 6) is -0.434. The van der Waals surface area contributed by atoms with Crippen molar-refractivity contribution in [2.75, 3.05) is 29.5 Å². The molecule has 3 aromatic carbocycles. The van der Waals surface area contributed by atoms with Gasteiger partial charge in [-0.25, -0.2) is 0 Å². The summed E-state index contributed by atoms with van der Waals surface area (Å²) >= 11 is 3.42. The summed E-state index contributed by atoms with van der Waals surface area (Å²) in [5, 5.41) is 5.81. The lowest BCUT2D eigenvalue weighted by Gasteiger charge is -2.21. The second kappa shape index (κ2) is 12.6. The lowest BCUT2D eigenvalue weighted by Crippen LogP contribution is -2.27. The fraction of sp³-hybridized carbons (Fsp3) is 0.233. The summed E-state index contributed by atoms with van der Waals surface area (Å²) in [6, 6.07) is 22.2. The highest BCUT2D eigenvalue weighted by molar-refractivity contribution is 9.10. The predicted molar refractivity (Wildman–Crippen MR) is 155 cm³/mol. The van der Waals surface area contributed by atoms with Crippen LogP contribution in [0.1, 0.15) is 36.8 Å². The molecule has 0 saturated carbocycles. The zero-order valence-electron chi connectivity index (χ0n) is 21.2. The van der Waals surface area contributed by atoms with Crippen molar-refractivity contribution in [1.82, 2.24) is 4.90 Å². The monoisotopic (exact) mass is 574 g/mol. The molecule has 1 saturated heterocycles. The van der Waals surface area contributed by atoms with Crippen LogP contribution in [0.2, 0.25) is 0 Å². The Morgan fingerprint density at radius 1 is 1.03 bits per heavy atom. The molecule has 4 N–H and O–H groups in total. The second-order valence-electron chi connectivity index (χ2n) is 9.48. The number of nitrogen functional groups attached to an aromatic ring is 1. The molecule has 1 fully saturated rings. The number of carbonyl (C=O) groups is 3. The zero-order valence-corrected chi connectivity index (χ0v) is 22.8. The summed E-state index contributed by atoms with van der Waals surface area (Å²) in [4.78, 5) is 39.4. The molecule has 4 rings (SSSR count). The number of nitrogens with zero attached hydrogens (tertiary/aromatic N) is 1. The van der Waals surface area contributed by atoms with E-state index in [1.807, 2.05) is 53.4 Å². The van der Waals surface area contributed by atoms with Crippen molar-refractivity contribution < 1.29 is 14.4 Å². The number of rotatable bonds is 8. The average Bonchev–Trinajstić information content (AvgIpc) is 3.38. The van der Waals surface area contributed by atoms with Crippen LogP contribution in [0.4, 0.5) is 17.1 Å². The summed E-state index contributed by atoms with van der Waals surface area (Å²) in [5.41, 5.74) is 9.40. The number of anilines is 3. The minimum Gasteiger partial charge on any atom is -0.397 e. The summed E-state index contributed by atoms with van der Waals surface area (Å²) in [6.45, 7) is 2.97. The Hall–Kier alpha value is -3.91. The van der Waals surface area contributed by atoms with Gasteiger partial charge in [0.2, 0.25) is 17.7 Å². The highest BCUT2D eigenvalue weighted by atomic mass is 79.9. The van der Waals surface area contributed by atoms with Gasteiger partial charge in [-0.2, -0.15) is 0 Å². The highest BCUT2D eigenvalue weighted by Gasteiger charge is 2.30. The number of nitrogens with two attached hydrogens (primary N) is 1. The first-order chi connectivity index (χ1) is 18.3. The van der Waals surface area contributed by atoms with E-state index in [2.05, 4.69) is 26.6 Å². The van der Waals surface area contributed by atoms with Gasteiger partial charge in [0.25, 0.3) is 0 Å². The van der Waals surface area contributed by atoms with Crippen molar-refractivity contribution in [3.63, 3.8) is 0 Å². The minimum atomic E-state index is -0.377. The molecule has 8 heteroatoms. The largest absolute Gasteiger partial charge is 0.397 e. The predicted octanol–water partition coefficient (Wildman–Crippen LogP) is 5.66. The van der Waals surface area contributed by atoms with Gasteiger partial charge in [-0.15, -0.1) is 0 Å². The fourth-order valence-corrected chi connectivity index (χ4v) is 4.86. The number of carbonyl (C=O) groups excluding carboxylic acids is 3. The third-order valence-corrected chi connectivity index (χ3v) is 7.24. The fourth-order valence-electron chi connectivity index (χ4n) is 4.60. The molecule has 0 aliphatic carbocycles. The van der Waals surface area contributed by atoms with E-state index in [-0.39, 0.29) is 29.6 Å². The quantitative estimate of drug-likeness (QED) is 0.238. The molecular formula is C30H31BrN4O3. The van der Waals surface area contributed by atoms with E-state index in [9.17, 15) is 14.4 Å². The molecule has 0 bridgehead atoms. The molecule has 0 aromatic heterocycles. The van der Waals surface area contributed by atoms with Crippen molar-refractivity contribution in [3.8, 4) is 0 Å². The molecule has 38 heavy (non-hydrogen) atoms. The molecule has 0 spiro atoms. The van der Waals surface area contributed by atoms with E-state index in [0.717, 1.165) is 34.3 Å². The molecule has 2 unspecified atom stereocenters. The smallest absolute Gasteiger partial charge is 0.248 e. The Morgan fingerprint density at radius 3 is 2.39 bits per heavy atom. The standard InChI is InChI=1S/C30H31BrN4O3/c1-20(36)35-17-16-22(19-35)18-26(30(38)33-25-13-11-24(31)12-14-25)23-9-6-21(7-10-23)8-15-29(37)34-28-5-3-2-4-27(28)32/h2-15,22,26H,16-19,32H2,1H3,(H,33,38)(H,34,37)/b15-8+. The molecule has 196 valence electrons. The highest BCUT2D eigenvalue weighted by Crippen LogP contribution is 2.31. The molecular weight excluding hydrogens is 544 g/mol. The Bertz CT molecular complexity index is 1320. The van der Waals surface area contributed by atoms with Gasteiger partial charge in [-0.1, -0.05) is 52.3 Å². The zero-order chi connectivity index (χ0) is 27.1. The van der Waals surface area contributed by atoms with Crippen LogP contribution in [-0.2, 0) is 14.4 Å². The number of nitrogens with one attached hydrogen (secondary N) is 2. The maximum absolute atomic E-state index is 13.4. The van der Waals surface area contributed by atoms with E-state index in [1.54, 1.807) is 37.3 Å². The topological polar surface area (TPSA) is 105 Å². The molecule has 0 radical (unpaired) electrons. The van der Waals surface area contributed by atoms with Crippen LogP contribution in [0.3, 0.4) is 0 Å². The normalized spacial score (nSPS) is 15.8. The van der Waals surface area contributed by atoms with Crippen molar-refractivity contribution in [3.05, 3.63) is 94.5 Å². The SMILES string of the molecule is CC(=O)N1CCC(CC(C(=O)Nc2ccc(Br)cc2)c2ccc(/C=C/C(=O)Nc3ccccc3N)cc2)C1. The van der Waals surface area contributed by atoms with Crippen LogP contribution >= 0.6 is 15.9 Å². The van der Waals surface area contributed by atoms with Crippen molar-refractivity contribution in [2.45, 2.75) is 25.7 Å². The molecule has 2 atom stereocenters. The third-order valence-electron chi connectivity index (χ3n) is 6.71. The molecule has 1 aliphatic rings. The summed E-state index contributed by atoms with van der Waals surface area (Å²) in [6.07, 6.45) is 4.69. The number of para-hydroxylation sites is 2. The molecule has 1 aliphatic heterocycles. The van der Waals surface area contributed by atoms with Crippen LogP contribution in [0.5, 0.6) is 0 Å². The maximum Gasteiger partial charge on any atom is 0.248 e. The van der Waals surface area contributed by atoms with Crippen LogP contribution in [0, 0.1) is 5.92 Å². The lowest BCUT2D eigenvalue weighted by molar-refractivity contribution is -0.127. The summed E-state index contributed by atoms with van der Waals surface area (Å²) < 4.78 is 0.937. The Morgan fingerprint density at radius 2 is 1.74 bits per heavy atom. The third kappa shape index (κ3) is 7.32. The van der Waals surface area contributed by atoms with Crippen molar-refractivity contribution in [2.24, 2.45) is 5.92 Å². The number of hydrogen-bond donors (Lipinski definition) is 3. The van der Waals surface area contributed by atoms with Crippen LogP contribution in [-0.4, -0.2) is 35.7 Å². The Balaban J connectivity index is 1.47. The number of likely N-dealkylation sites (tertiary alicyclic amines) is 1. The second-order valence-corrected chi connectivity index (χ2v) is 10.4. The first kappa shape index (κ1) is 27.1. The van der Waals surface area contributed by atoms with Gasteiger partial charge < -0.3 is 21.3 Å². The van der Waals surface area contributed by atoms with Gasteiger partial charge in [0.05, 0.1) is 17.3 Å². The molecule has 1 heterocycles. The van der Waals surface area contributed by atoms with Gasteiger partial charge in [0.15, 0.2) is 0 Å². The van der Waals surface area contributed by atoms with Gasteiger partial charge in [-0.05, 0) is 72.4 Å². The number of benzene rings is 3. The van der Waals surface area contributed by atoms with E-state index in [0.29, 0.717) is 24.3 Å². The number of halogens is 1. The first-order valence-corrected chi connectivity index (χ1v) is 13.3. The van der Waals surface area contributed by atoms with Gasteiger partial charge in [-0.3, -0.25) is 14.4 Å². The summed E-state index contributed by atoms with van der Waals surface area (Å²) in [7, 11) is 0. The minimum absolute atomic E-state index is 0.0680. The molecule has 3 amide bonds. The Kier molecular flexibility index (Phi) is 8.97. The van der Waals surface area contributed by atoms with E-state index in [4.69, 9.17) is 5.73 Å². The Labute approximate surface area is 231 Å². The maximum atomic E-state index is 13.4. The lowest BCUT2D eigenvalue weighted by atomic mass is 9.87. The van der Waals surface area contributed by atoms with Gasteiger partial charge in [0.1, 0.15) is 0 Å². The van der Waals surface area contributed by atoms with Gasteiger partial charge in [0, 0.05) is 36.2 Å². The molecule has 7 nitrogen and oxygen atoms in total. The van der Waals surface area contributed by atoms with Crippen LogP contribution in [0.25, 0.3) is 6.08 Å². The number of hydrogen-bond acceptors (Lipinski definition) is 4.